The predicted molar refractivity (Wildman–Crippen MR) is 49.0 cm³/mol. The SMILES string of the molecule is CCCN(C=O)C1CCNCC1. The van der Waals surface area contributed by atoms with E-state index in [1.165, 1.54) is 0 Å². The Morgan fingerprint density at radius 2 is 2.17 bits per heavy atom. The van der Waals surface area contributed by atoms with E-state index in [9.17, 15) is 4.79 Å². The van der Waals surface area contributed by atoms with Crippen LogP contribution in [-0.4, -0.2) is 37.0 Å². The number of piperidine rings is 1. The quantitative estimate of drug-likeness (QED) is 0.627. The van der Waals surface area contributed by atoms with Gasteiger partial charge in [-0.1, -0.05) is 6.92 Å². The van der Waals surface area contributed by atoms with Crippen LogP contribution < -0.4 is 5.32 Å². The molecular formula is C9H18N2O. The average Bonchev–Trinajstić information content (AvgIpc) is 2.15. The maximum Gasteiger partial charge on any atom is 0.209 e. The molecule has 1 N–H and O–H groups in total. The van der Waals surface area contributed by atoms with E-state index in [1.807, 2.05) is 4.90 Å². The highest BCUT2D eigenvalue weighted by Gasteiger charge is 2.18. The zero-order valence-corrected chi connectivity index (χ0v) is 7.75. The van der Waals surface area contributed by atoms with Gasteiger partial charge in [0.15, 0.2) is 0 Å². The number of carbonyl (C=O) groups is 1. The number of nitrogens with zero attached hydrogens (tertiary/aromatic N) is 1. The molecule has 0 bridgehead atoms. The fourth-order valence-electron chi connectivity index (χ4n) is 1.72. The summed E-state index contributed by atoms with van der Waals surface area (Å²) in [5, 5.41) is 3.29. The highest BCUT2D eigenvalue weighted by molar-refractivity contribution is 5.47. The van der Waals surface area contributed by atoms with Crippen molar-refractivity contribution in [3.63, 3.8) is 0 Å². The molecule has 1 saturated heterocycles. The molecule has 12 heavy (non-hydrogen) atoms. The van der Waals surface area contributed by atoms with Crippen LogP contribution in [0, 0.1) is 0 Å². The molecule has 0 aromatic rings. The summed E-state index contributed by atoms with van der Waals surface area (Å²) in [7, 11) is 0. The van der Waals surface area contributed by atoms with E-state index in [1.54, 1.807) is 0 Å². The summed E-state index contributed by atoms with van der Waals surface area (Å²) in [6.45, 7) is 5.13. The second-order valence-electron chi connectivity index (χ2n) is 3.32. The molecular weight excluding hydrogens is 152 g/mol. The van der Waals surface area contributed by atoms with Gasteiger partial charge in [-0.25, -0.2) is 0 Å². The number of rotatable bonds is 4. The van der Waals surface area contributed by atoms with Gasteiger partial charge in [0.25, 0.3) is 0 Å². The van der Waals surface area contributed by atoms with E-state index < -0.39 is 0 Å². The lowest BCUT2D eigenvalue weighted by Crippen LogP contribution is -2.42. The Morgan fingerprint density at radius 1 is 1.50 bits per heavy atom. The Hall–Kier alpha value is -0.570. The van der Waals surface area contributed by atoms with Gasteiger partial charge in [0.1, 0.15) is 0 Å². The lowest BCUT2D eigenvalue weighted by Gasteiger charge is -2.31. The second kappa shape index (κ2) is 5.14. The molecule has 3 heteroatoms. The Bertz CT molecular complexity index is 132. The Kier molecular flexibility index (Phi) is 4.08. The third-order valence-electron chi connectivity index (χ3n) is 2.39. The monoisotopic (exact) mass is 170 g/mol. The van der Waals surface area contributed by atoms with Crippen molar-refractivity contribution in [3.8, 4) is 0 Å². The van der Waals surface area contributed by atoms with Crippen molar-refractivity contribution in [2.75, 3.05) is 19.6 Å². The molecule has 1 heterocycles. The third kappa shape index (κ3) is 2.48. The van der Waals surface area contributed by atoms with Crippen molar-refractivity contribution >= 4 is 6.41 Å². The van der Waals surface area contributed by atoms with Crippen LogP contribution >= 0.6 is 0 Å². The molecule has 1 amide bonds. The molecule has 1 aliphatic heterocycles. The summed E-state index contributed by atoms with van der Waals surface area (Å²) in [5.41, 5.74) is 0. The minimum absolute atomic E-state index is 0.490. The van der Waals surface area contributed by atoms with Crippen molar-refractivity contribution in [3.05, 3.63) is 0 Å². The minimum atomic E-state index is 0.490. The third-order valence-corrected chi connectivity index (χ3v) is 2.39. The van der Waals surface area contributed by atoms with E-state index in [0.29, 0.717) is 6.04 Å². The van der Waals surface area contributed by atoms with Gasteiger partial charge < -0.3 is 10.2 Å². The van der Waals surface area contributed by atoms with Gasteiger partial charge in [-0.3, -0.25) is 4.79 Å². The van der Waals surface area contributed by atoms with E-state index in [-0.39, 0.29) is 0 Å². The summed E-state index contributed by atoms with van der Waals surface area (Å²) in [6.07, 6.45) is 4.28. The number of hydrogen-bond donors (Lipinski definition) is 1. The van der Waals surface area contributed by atoms with Crippen LogP contribution in [0.2, 0.25) is 0 Å². The Labute approximate surface area is 74.1 Å². The maximum absolute atomic E-state index is 10.7. The van der Waals surface area contributed by atoms with Crippen molar-refractivity contribution in [1.29, 1.82) is 0 Å². The molecule has 0 spiro atoms. The van der Waals surface area contributed by atoms with Gasteiger partial charge in [-0.2, -0.15) is 0 Å². The average molecular weight is 170 g/mol. The summed E-state index contributed by atoms with van der Waals surface area (Å²) < 4.78 is 0. The van der Waals surface area contributed by atoms with Gasteiger partial charge in [0, 0.05) is 12.6 Å². The largest absolute Gasteiger partial charge is 0.342 e. The molecule has 1 fully saturated rings. The van der Waals surface area contributed by atoms with Gasteiger partial charge >= 0.3 is 0 Å². The van der Waals surface area contributed by atoms with E-state index in [4.69, 9.17) is 0 Å². The fraction of sp³-hybridized carbons (Fsp3) is 0.889. The van der Waals surface area contributed by atoms with Crippen LogP contribution in [0.1, 0.15) is 26.2 Å². The molecule has 0 radical (unpaired) electrons. The number of amides is 1. The molecule has 70 valence electrons. The van der Waals surface area contributed by atoms with Crippen molar-refractivity contribution in [2.24, 2.45) is 0 Å². The highest BCUT2D eigenvalue weighted by atomic mass is 16.1. The molecule has 1 rings (SSSR count). The molecule has 0 saturated carbocycles. The van der Waals surface area contributed by atoms with Gasteiger partial charge in [-0.05, 0) is 32.4 Å². The second-order valence-corrected chi connectivity index (χ2v) is 3.32. The molecule has 0 aromatic heterocycles. The normalized spacial score (nSPS) is 19.1. The number of nitrogens with one attached hydrogen (secondary N) is 1. The topological polar surface area (TPSA) is 32.3 Å². The summed E-state index contributed by atoms with van der Waals surface area (Å²) in [5.74, 6) is 0. The van der Waals surface area contributed by atoms with Crippen molar-refractivity contribution in [1.82, 2.24) is 10.2 Å². The summed E-state index contributed by atoms with van der Waals surface area (Å²) >= 11 is 0. The number of hydrogen-bond acceptors (Lipinski definition) is 2. The fourth-order valence-corrected chi connectivity index (χ4v) is 1.72. The Morgan fingerprint density at radius 3 is 2.67 bits per heavy atom. The molecule has 0 aromatic carbocycles. The zero-order chi connectivity index (χ0) is 8.81. The Balaban J connectivity index is 2.34. The number of carbonyl (C=O) groups excluding carboxylic acids is 1. The minimum Gasteiger partial charge on any atom is -0.342 e. The molecule has 3 nitrogen and oxygen atoms in total. The van der Waals surface area contributed by atoms with Crippen LogP contribution in [0.25, 0.3) is 0 Å². The molecule has 0 aliphatic carbocycles. The molecule has 0 unspecified atom stereocenters. The van der Waals surface area contributed by atoms with Crippen LogP contribution in [0.5, 0.6) is 0 Å². The first-order valence-corrected chi connectivity index (χ1v) is 4.80. The van der Waals surface area contributed by atoms with Crippen molar-refractivity contribution in [2.45, 2.75) is 32.2 Å². The van der Waals surface area contributed by atoms with Crippen LogP contribution in [0.4, 0.5) is 0 Å². The molecule has 1 aliphatic rings. The molecule has 0 atom stereocenters. The first-order chi connectivity index (χ1) is 5.88. The van der Waals surface area contributed by atoms with Crippen molar-refractivity contribution < 1.29 is 4.79 Å². The van der Waals surface area contributed by atoms with Crippen LogP contribution in [-0.2, 0) is 4.79 Å². The van der Waals surface area contributed by atoms with Crippen LogP contribution in [0.3, 0.4) is 0 Å². The summed E-state index contributed by atoms with van der Waals surface area (Å²) in [4.78, 5) is 12.6. The standard InChI is InChI=1S/C9H18N2O/c1-2-7-11(8-12)9-3-5-10-6-4-9/h8-10H,2-7H2,1H3. The van der Waals surface area contributed by atoms with Gasteiger partial charge in [0.05, 0.1) is 0 Å². The van der Waals surface area contributed by atoms with E-state index in [2.05, 4.69) is 12.2 Å². The predicted octanol–water partition coefficient (Wildman–Crippen LogP) is 0.607. The lowest BCUT2D eigenvalue weighted by molar-refractivity contribution is -0.120. The van der Waals surface area contributed by atoms with Crippen LogP contribution in [0.15, 0.2) is 0 Å². The van der Waals surface area contributed by atoms with Gasteiger partial charge in [0.2, 0.25) is 6.41 Å². The zero-order valence-electron chi connectivity index (χ0n) is 7.75. The smallest absolute Gasteiger partial charge is 0.209 e. The summed E-state index contributed by atoms with van der Waals surface area (Å²) in [6, 6.07) is 0.490. The lowest BCUT2D eigenvalue weighted by atomic mass is 10.1. The highest BCUT2D eigenvalue weighted by Crippen LogP contribution is 2.09. The first-order valence-electron chi connectivity index (χ1n) is 4.80. The van der Waals surface area contributed by atoms with E-state index >= 15 is 0 Å². The van der Waals surface area contributed by atoms with E-state index in [0.717, 1.165) is 45.3 Å². The maximum atomic E-state index is 10.7. The first kappa shape index (κ1) is 9.52. The van der Waals surface area contributed by atoms with Gasteiger partial charge in [-0.15, -0.1) is 0 Å².